The van der Waals surface area contributed by atoms with Gasteiger partial charge in [0, 0.05) is 20.8 Å². The number of benzene rings is 2. The maximum atomic E-state index is 12.4. The van der Waals surface area contributed by atoms with Gasteiger partial charge in [-0.1, -0.05) is 17.7 Å². The van der Waals surface area contributed by atoms with E-state index in [0.29, 0.717) is 0 Å². The monoisotopic (exact) mass is 287 g/mol. The fourth-order valence-electron chi connectivity index (χ4n) is 2.08. The molecule has 1 aromatic heterocycles. The molecule has 1 heterocycles. The third-order valence-electron chi connectivity index (χ3n) is 2.94. The van der Waals surface area contributed by atoms with Crippen molar-refractivity contribution in [3.63, 3.8) is 0 Å². The number of fused-ring (bicyclic) bond motifs is 2. The summed E-state index contributed by atoms with van der Waals surface area (Å²) >= 11 is 3.46. The number of aromatic nitrogens is 1. The molecule has 2 nitrogen and oxygen atoms in total. The summed E-state index contributed by atoms with van der Waals surface area (Å²) in [5.41, 5.74) is 2.91. The Kier molecular flexibility index (Phi) is 2.30. The Hall–Kier alpha value is -1.61. The predicted molar refractivity (Wildman–Crippen MR) is 74.5 cm³/mol. The van der Waals surface area contributed by atoms with Gasteiger partial charge >= 0.3 is 0 Å². The quantitative estimate of drug-likeness (QED) is 0.628. The highest BCUT2D eigenvalue weighted by molar-refractivity contribution is 9.10. The fraction of sp³-hybridized carbons (Fsp3) is 0.0714. The molecular weight excluding hydrogens is 278 g/mol. The highest BCUT2D eigenvalue weighted by Gasteiger charge is 2.07. The summed E-state index contributed by atoms with van der Waals surface area (Å²) in [4.78, 5) is 15.7. The van der Waals surface area contributed by atoms with E-state index in [1.54, 1.807) is 0 Å². The molecular formula is C14H10BrNO. The van der Waals surface area contributed by atoms with E-state index in [4.69, 9.17) is 0 Å². The van der Waals surface area contributed by atoms with Crippen LogP contribution < -0.4 is 5.43 Å². The summed E-state index contributed by atoms with van der Waals surface area (Å²) in [6, 6.07) is 11.5. The van der Waals surface area contributed by atoms with Crippen LogP contribution in [0.3, 0.4) is 0 Å². The summed E-state index contributed by atoms with van der Waals surface area (Å²) in [5.74, 6) is 0. The lowest BCUT2D eigenvalue weighted by atomic mass is 10.1. The zero-order valence-corrected chi connectivity index (χ0v) is 10.8. The van der Waals surface area contributed by atoms with Gasteiger partial charge in [-0.2, -0.15) is 0 Å². The van der Waals surface area contributed by atoms with Gasteiger partial charge in [0.1, 0.15) is 0 Å². The molecule has 3 heteroatoms. The summed E-state index contributed by atoms with van der Waals surface area (Å²) in [7, 11) is 0. The van der Waals surface area contributed by atoms with Crippen molar-refractivity contribution in [3.05, 3.63) is 56.7 Å². The number of hydrogen-bond donors (Lipinski definition) is 1. The Morgan fingerprint density at radius 1 is 1.12 bits per heavy atom. The van der Waals surface area contributed by atoms with E-state index >= 15 is 0 Å². The van der Waals surface area contributed by atoms with Gasteiger partial charge in [-0.3, -0.25) is 4.79 Å². The van der Waals surface area contributed by atoms with Crippen molar-refractivity contribution in [1.82, 2.24) is 4.98 Å². The van der Waals surface area contributed by atoms with Gasteiger partial charge < -0.3 is 4.98 Å². The number of H-pyrrole nitrogens is 1. The second-order valence-electron chi connectivity index (χ2n) is 4.17. The van der Waals surface area contributed by atoms with Crippen LogP contribution in [-0.4, -0.2) is 4.98 Å². The molecule has 3 aromatic rings. The van der Waals surface area contributed by atoms with E-state index < -0.39 is 0 Å². The molecule has 0 bridgehead atoms. The van der Waals surface area contributed by atoms with Crippen molar-refractivity contribution < 1.29 is 0 Å². The molecule has 84 valence electrons. The van der Waals surface area contributed by atoms with E-state index in [9.17, 15) is 4.79 Å². The summed E-state index contributed by atoms with van der Waals surface area (Å²) < 4.78 is 0.912. The Balaban J connectivity index is 2.62. The minimum atomic E-state index is 0.0822. The zero-order valence-electron chi connectivity index (χ0n) is 9.25. The summed E-state index contributed by atoms with van der Waals surface area (Å²) in [6.45, 7) is 1.99. The van der Waals surface area contributed by atoms with Crippen molar-refractivity contribution in [2.75, 3.05) is 0 Å². The molecule has 0 unspecified atom stereocenters. The zero-order chi connectivity index (χ0) is 12.0. The molecule has 2 aromatic carbocycles. The average molecular weight is 288 g/mol. The van der Waals surface area contributed by atoms with E-state index in [1.807, 2.05) is 43.3 Å². The second kappa shape index (κ2) is 3.70. The third kappa shape index (κ3) is 1.58. The van der Waals surface area contributed by atoms with Crippen LogP contribution in [0.15, 0.2) is 45.7 Å². The average Bonchev–Trinajstić information content (AvgIpc) is 2.32. The molecule has 0 saturated heterocycles. The first-order valence-electron chi connectivity index (χ1n) is 5.38. The largest absolute Gasteiger partial charge is 0.353 e. The Bertz CT molecular complexity index is 782. The van der Waals surface area contributed by atoms with Crippen LogP contribution in [0.4, 0.5) is 0 Å². The first-order valence-corrected chi connectivity index (χ1v) is 6.17. The van der Waals surface area contributed by atoms with Gasteiger partial charge in [-0.05, 0) is 47.1 Å². The minimum Gasteiger partial charge on any atom is -0.353 e. The van der Waals surface area contributed by atoms with E-state index in [2.05, 4.69) is 20.9 Å². The molecule has 1 N–H and O–H groups in total. The number of nitrogens with one attached hydrogen (secondary N) is 1. The Morgan fingerprint density at radius 3 is 2.76 bits per heavy atom. The van der Waals surface area contributed by atoms with Crippen LogP contribution in [0, 0.1) is 6.92 Å². The first kappa shape index (κ1) is 10.5. The maximum absolute atomic E-state index is 12.4. The molecule has 0 aliphatic heterocycles. The fourth-order valence-corrected chi connectivity index (χ4v) is 2.54. The Morgan fingerprint density at radius 2 is 1.94 bits per heavy atom. The highest BCUT2D eigenvalue weighted by Crippen LogP contribution is 2.22. The number of hydrogen-bond acceptors (Lipinski definition) is 1. The molecule has 0 radical (unpaired) electrons. The Labute approximate surface area is 106 Å². The molecule has 0 aliphatic rings. The predicted octanol–water partition coefficient (Wildman–Crippen LogP) is 3.75. The molecule has 0 amide bonds. The number of pyridine rings is 1. The van der Waals surface area contributed by atoms with E-state index in [-0.39, 0.29) is 5.43 Å². The van der Waals surface area contributed by atoms with Gasteiger partial charge in [0.2, 0.25) is 0 Å². The van der Waals surface area contributed by atoms with Crippen LogP contribution in [0.25, 0.3) is 21.8 Å². The van der Waals surface area contributed by atoms with Crippen LogP contribution in [0.1, 0.15) is 5.56 Å². The molecule has 0 fully saturated rings. The normalized spacial score (nSPS) is 11.2. The smallest absolute Gasteiger partial charge is 0.197 e. The maximum Gasteiger partial charge on any atom is 0.197 e. The number of rotatable bonds is 0. The lowest BCUT2D eigenvalue weighted by Gasteiger charge is -2.04. The molecule has 0 spiro atoms. The molecule has 0 saturated carbocycles. The van der Waals surface area contributed by atoms with Crippen LogP contribution in [-0.2, 0) is 0 Å². The molecule has 0 aliphatic carbocycles. The number of para-hydroxylation sites is 1. The van der Waals surface area contributed by atoms with Crippen molar-refractivity contribution in [2.24, 2.45) is 0 Å². The SMILES string of the molecule is Cc1ccc2[nH]c3c(Br)cccc3c(=O)c2c1. The highest BCUT2D eigenvalue weighted by atomic mass is 79.9. The van der Waals surface area contributed by atoms with Gasteiger partial charge in [0.25, 0.3) is 0 Å². The van der Waals surface area contributed by atoms with Crippen LogP contribution in [0.5, 0.6) is 0 Å². The molecule has 3 rings (SSSR count). The van der Waals surface area contributed by atoms with Gasteiger partial charge in [0.15, 0.2) is 5.43 Å². The standard InChI is InChI=1S/C14H10BrNO/c1-8-5-6-12-10(7-8)14(17)9-3-2-4-11(15)13(9)16-12/h2-7H,1H3,(H,16,17). The topological polar surface area (TPSA) is 32.9 Å². The van der Waals surface area contributed by atoms with Crippen LogP contribution in [0.2, 0.25) is 0 Å². The number of aryl methyl sites for hydroxylation is 1. The van der Waals surface area contributed by atoms with Crippen molar-refractivity contribution in [2.45, 2.75) is 6.92 Å². The lowest BCUT2D eigenvalue weighted by molar-refractivity contribution is 1.43. The number of aromatic amines is 1. The summed E-state index contributed by atoms with van der Waals surface area (Å²) in [6.07, 6.45) is 0. The van der Waals surface area contributed by atoms with Crippen molar-refractivity contribution in [1.29, 1.82) is 0 Å². The van der Waals surface area contributed by atoms with Crippen molar-refractivity contribution >= 4 is 37.7 Å². The van der Waals surface area contributed by atoms with Crippen LogP contribution >= 0.6 is 15.9 Å². The van der Waals surface area contributed by atoms with Crippen molar-refractivity contribution in [3.8, 4) is 0 Å². The minimum absolute atomic E-state index is 0.0822. The summed E-state index contributed by atoms with van der Waals surface area (Å²) in [5, 5.41) is 1.47. The van der Waals surface area contributed by atoms with Gasteiger partial charge in [-0.25, -0.2) is 0 Å². The van der Waals surface area contributed by atoms with Gasteiger partial charge in [-0.15, -0.1) is 0 Å². The van der Waals surface area contributed by atoms with Gasteiger partial charge in [0.05, 0.1) is 5.52 Å². The number of halogens is 1. The van der Waals surface area contributed by atoms with E-state index in [0.717, 1.165) is 31.8 Å². The first-order chi connectivity index (χ1) is 8.16. The second-order valence-corrected chi connectivity index (χ2v) is 5.02. The lowest BCUT2D eigenvalue weighted by Crippen LogP contribution is -2.04. The molecule has 17 heavy (non-hydrogen) atoms. The third-order valence-corrected chi connectivity index (χ3v) is 3.60. The molecule has 0 atom stereocenters. The van der Waals surface area contributed by atoms with E-state index in [1.165, 1.54) is 0 Å².